The number of hydrogen-bond donors (Lipinski definition) is 1. The number of nitrogens with one attached hydrogen (secondary N) is 1. The maximum atomic E-state index is 11.9. The van der Waals surface area contributed by atoms with Crippen LogP contribution in [0.2, 0.25) is 0 Å². The molecule has 6 nitrogen and oxygen atoms in total. The zero-order valence-corrected chi connectivity index (χ0v) is 18.2. The SMILES string of the molecule is CC(=O)OCCOc1ccc(-c2ccc(C(C)CNS(=O)(=O)C(C)C)cc2)cc1. The summed E-state index contributed by atoms with van der Waals surface area (Å²) in [6.45, 7) is 7.61. The Morgan fingerprint density at radius 2 is 1.48 bits per heavy atom. The van der Waals surface area contributed by atoms with Crippen LogP contribution in [0.3, 0.4) is 0 Å². The molecule has 7 heteroatoms. The predicted octanol–water partition coefficient (Wildman–Crippen LogP) is 3.73. The number of sulfonamides is 1. The van der Waals surface area contributed by atoms with Crippen LogP contribution in [-0.2, 0) is 19.6 Å². The van der Waals surface area contributed by atoms with Crippen molar-refractivity contribution in [3.63, 3.8) is 0 Å². The molecule has 2 aromatic rings. The van der Waals surface area contributed by atoms with E-state index in [1.165, 1.54) is 6.92 Å². The van der Waals surface area contributed by atoms with Crippen LogP contribution in [0.25, 0.3) is 11.1 Å². The molecule has 1 atom stereocenters. The van der Waals surface area contributed by atoms with Crippen LogP contribution < -0.4 is 9.46 Å². The lowest BCUT2D eigenvalue weighted by atomic mass is 9.98. The molecule has 158 valence electrons. The van der Waals surface area contributed by atoms with Crippen molar-refractivity contribution in [3.8, 4) is 16.9 Å². The maximum Gasteiger partial charge on any atom is 0.302 e. The first kappa shape index (κ1) is 22.9. The summed E-state index contributed by atoms with van der Waals surface area (Å²) in [5.74, 6) is 0.466. The quantitative estimate of drug-likeness (QED) is 0.469. The summed E-state index contributed by atoms with van der Waals surface area (Å²) in [5.41, 5.74) is 3.19. The highest BCUT2D eigenvalue weighted by molar-refractivity contribution is 7.90. The third kappa shape index (κ3) is 7.18. The molecular weight excluding hydrogens is 390 g/mol. The second kappa shape index (κ2) is 10.4. The van der Waals surface area contributed by atoms with Crippen molar-refractivity contribution in [1.82, 2.24) is 4.72 Å². The first-order valence-electron chi connectivity index (χ1n) is 9.64. The first-order valence-corrected chi connectivity index (χ1v) is 11.2. The highest BCUT2D eigenvalue weighted by Gasteiger charge is 2.17. The zero-order valence-electron chi connectivity index (χ0n) is 17.3. The monoisotopic (exact) mass is 419 g/mol. The number of carbonyl (C=O) groups is 1. The highest BCUT2D eigenvalue weighted by atomic mass is 32.2. The second-order valence-electron chi connectivity index (χ2n) is 7.18. The molecule has 0 radical (unpaired) electrons. The Morgan fingerprint density at radius 3 is 2.00 bits per heavy atom. The van der Waals surface area contributed by atoms with E-state index in [0.717, 1.165) is 16.7 Å². The van der Waals surface area contributed by atoms with Crippen LogP contribution in [-0.4, -0.2) is 39.4 Å². The van der Waals surface area contributed by atoms with Gasteiger partial charge in [0.05, 0.1) is 5.25 Å². The molecule has 0 aliphatic carbocycles. The van der Waals surface area contributed by atoms with Crippen LogP contribution in [0.5, 0.6) is 5.75 Å². The van der Waals surface area contributed by atoms with Crippen LogP contribution >= 0.6 is 0 Å². The fourth-order valence-electron chi connectivity index (χ4n) is 2.62. The molecule has 0 saturated heterocycles. The van der Waals surface area contributed by atoms with Crippen molar-refractivity contribution in [2.75, 3.05) is 19.8 Å². The summed E-state index contributed by atoms with van der Waals surface area (Å²) in [6.07, 6.45) is 0. The van der Waals surface area contributed by atoms with Gasteiger partial charge in [0.1, 0.15) is 19.0 Å². The van der Waals surface area contributed by atoms with Crippen LogP contribution in [0.1, 0.15) is 39.2 Å². The number of rotatable bonds is 10. The summed E-state index contributed by atoms with van der Waals surface area (Å²) in [5, 5.41) is -0.439. The van der Waals surface area contributed by atoms with Gasteiger partial charge in [-0.3, -0.25) is 4.79 Å². The van der Waals surface area contributed by atoms with Crippen LogP contribution in [0.4, 0.5) is 0 Å². The summed E-state index contributed by atoms with van der Waals surface area (Å²) in [4.78, 5) is 10.7. The maximum absolute atomic E-state index is 11.9. The third-order valence-corrected chi connectivity index (χ3v) is 6.35. The van der Waals surface area contributed by atoms with Gasteiger partial charge < -0.3 is 9.47 Å². The molecule has 2 aromatic carbocycles. The molecule has 0 bridgehead atoms. The smallest absolute Gasteiger partial charge is 0.302 e. The van der Waals surface area contributed by atoms with Gasteiger partial charge in [-0.05, 0) is 48.6 Å². The molecule has 0 fully saturated rings. The van der Waals surface area contributed by atoms with Crippen LogP contribution in [0, 0.1) is 0 Å². The molecule has 0 aliphatic rings. The Hall–Kier alpha value is -2.38. The zero-order chi connectivity index (χ0) is 21.4. The molecule has 0 heterocycles. The van der Waals surface area contributed by atoms with E-state index in [1.54, 1.807) is 13.8 Å². The predicted molar refractivity (Wildman–Crippen MR) is 114 cm³/mol. The number of benzene rings is 2. The van der Waals surface area contributed by atoms with E-state index < -0.39 is 15.3 Å². The summed E-state index contributed by atoms with van der Waals surface area (Å²) in [7, 11) is -3.26. The van der Waals surface area contributed by atoms with E-state index in [-0.39, 0.29) is 18.5 Å². The fraction of sp³-hybridized carbons (Fsp3) is 0.409. The number of esters is 1. The summed E-state index contributed by atoms with van der Waals surface area (Å²) >= 11 is 0. The van der Waals surface area contributed by atoms with Crippen molar-refractivity contribution >= 4 is 16.0 Å². The lowest BCUT2D eigenvalue weighted by Crippen LogP contribution is -2.33. The van der Waals surface area contributed by atoms with Crippen molar-refractivity contribution in [1.29, 1.82) is 0 Å². The van der Waals surface area contributed by atoms with Gasteiger partial charge in [0.2, 0.25) is 10.0 Å². The Bertz CT molecular complexity index is 890. The van der Waals surface area contributed by atoms with E-state index in [0.29, 0.717) is 18.9 Å². The van der Waals surface area contributed by atoms with E-state index >= 15 is 0 Å². The van der Waals surface area contributed by atoms with Gasteiger partial charge in [0, 0.05) is 13.5 Å². The van der Waals surface area contributed by atoms with Gasteiger partial charge in [-0.25, -0.2) is 13.1 Å². The Kier molecular flexibility index (Phi) is 8.22. The van der Waals surface area contributed by atoms with E-state index in [4.69, 9.17) is 9.47 Å². The number of carbonyl (C=O) groups excluding carboxylic acids is 1. The Morgan fingerprint density at radius 1 is 0.931 bits per heavy atom. The van der Waals surface area contributed by atoms with Crippen LogP contribution in [0.15, 0.2) is 48.5 Å². The molecule has 29 heavy (non-hydrogen) atoms. The fourth-order valence-corrected chi connectivity index (χ4v) is 3.43. The molecule has 0 aliphatic heterocycles. The van der Waals surface area contributed by atoms with Gasteiger partial charge >= 0.3 is 5.97 Å². The lowest BCUT2D eigenvalue weighted by molar-refractivity contribution is -0.141. The van der Waals surface area contributed by atoms with Gasteiger partial charge in [0.25, 0.3) is 0 Å². The van der Waals surface area contributed by atoms with Gasteiger partial charge in [-0.1, -0.05) is 43.3 Å². The largest absolute Gasteiger partial charge is 0.490 e. The minimum Gasteiger partial charge on any atom is -0.490 e. The minimum atomic E-state index is -3.26. The molecule has 2 rings (SSSR count). The molecule has 0 amide bonds. The van der Waals surface area contributed by atoms with Gasteiger partial charge in [0.15, 0.2) is 0 Å². The average molecular weight is 420 g/mol. The van der Waals surface area contributed by atoms with E-state index in [2.05, 4.69) is 4.72 Å². The van der Waals surface area contributed by atoms with Crippen molar-refractivity contribution in [2.45, 2.75) is 38.9 Å². The van der Waals surface area contributed by atoms with Crippen molar-refractivity contribution < 1.29 is 22.7 Å². The number of hydrogen-bond acceptors (Lipinski definition) is 5. The molecular formula is C22H29NO5S. The van der Waals surface area contributed by atoms with E-state index in [9.17, 15) is 13.2 Å². The summed E-state index contributed by atoms with van der Waals surface area (Å²) < 4.78 is 36.8. The Balaban J connectivity index is 1.93. The molecule has 0 spiro atoms. The van der Waals surface area contributed by atoms with Crippen molar-refractivity contribution in [2.24, 2.45) is 0 Å². The average Bonchev–Trinajstić information content (AvgIpc) is 2.70. The van der Waals surface area contributed by atoms with Gasteiger partial charge in [-0.15, -0.1) is 0 Å². The standard InChI is InChI=1S/C22H29NO5S/c1-16(2)29(25,26)23-15-17(3)19-5-7-20(8-6-19)21-9-11-22(12-10-21)28-14-13-27-18(4)24/h5-12,16-17,23H,13-15H2,1-4H3. The molecule has 0 saturated carbocycles. The number of ether oxygens (including phenoxy) is 2. The summed E-state index contributed by atoms with van der Waals surface area (Å²) in [6, 6.07) is 15.8. The van der Waals surface area contributed by atoms with Gasteiger partial charge in [-0.2, -0.15) is 0 Å². The highest BCUT2D eigenvalue weighted by Crippen LogP contribution is 2.25. The normalized spacial score (nSPS) is 12.6. The topological polar surface area (TPSA) is 81.7 Å². The first-order chi connectivity index (χ1) is 13.7. The van der Waals surface area contributed by atoms with Crippen molar-refractivity contribution in [3.05, 3.63) is 54.1 Å². The third-order valence-electron chi connectivity index (χ3n) is 4.54. The second-order valence-corrected chi connectivity index (χ2v) is 9.50. The Labute approximate surface area is 173 Å². The lowest BCUT2D eigenvalue weighted by Gasteiger charge is -2.15. The van der Waals surface area contributed by atoms with E-state index in [1.807, 2.05) is 55.5 Å². The molecule has 1 N–H and O–H groups in total. The molecule has 1 unspecified atom stereocenters. The molecule has 0 aromatic heterocycles. The minimum absolute atomic E-state index is 0.0746.